The Morgan fingerprint density at radius 3 is 1.50 bits per heavy atom. The highest BCUT2D eigenvalue weighted by Crippen LogP contribution is 2.43. The smallest absolute Gasteiger partial charge is 0.462 e. The number of allylic oxidation sites excluding steroid dienone is 2. The molecular formula is C39H75O8P. The molecule has 9 heteroatoms. The van der Waals surface area contributed by atoms with Gasteiger partial charge in [-0.05, 0) is 45.4 Å². The van der Waals surface area contributed by atoms with Gasteiger partial charge in [-0.15, -0.1) is 0 Å². The normalized spacial score (nSPS) is 15.6. The molecule has 0 saturated heterocycles. The van der Waals surface area contributed by atoms with Crippen LogP contribution in [0.4, 0.5) is 0 Å². The molecule has 8 nitrogen and oxygen atoms in total. The Bertz CT molecular complexity index is 980. The van der Waals surface area contributed by atoms with Gasteiger partial charge in [0.15, 0.2) is 6.10 Å². The maximum absolute atomic E-state index is 12.6. The summed E-state index contributed by atoms with van der Waals surface area (Å²) < 4.78 is 68.6. The molecule has 0 saturated carbocycles. The highest BCUT2D eigenvalue weighted by atomic mass is 31.2. The Morgan fingerprint density at radius 2 is 1.04 bits per heavy atom. The molecule has 48 heavy (non-hydrogen) atoms. The third-order valence-electron chi connectivity index (χ3n) is 8.44. The minimum absolute atomic E-state index is 0.0937. The van der Waals surface area contributed by atoms with E-state index in [1.165, 1.54) is 96.3 Å². The second-order valence-electron chi connectivity index (χ2n) is 13.1. The largest absolute Gasteiger partial charge is 0.472 e. The number of hydrogen-bond donors (Lipinski definition) is 1. The molecule has 0 aliphatic rings. The van der Waals surface area contributed by atoms with E-state index in [2.05, 4.69) is 30.5 Å². The average molecular weight is 708 g/mol. The molecule has 0 aromatic carbocycles. The van der Waals surface area contributed by atoms with E-state index in [-0.39, 0.29) is 12.8 Å². The van der Waals surface area contributed by atoms with Crippen molar-refractivity contribution < 1.29 is 44.4 Å². The molecule has 0 aromatic heterocycles. The minimum Gasteiger partial charge on any atom is -0.462 e. The first-order valence-corrected chi connectivity index (χ1v) is 20.9. The van der Waals surface area contributed by atoms with Gasteiger partial charge >= 0.3 is 19.8 Å². The standard InChI is InChI=1S/C39H75O8P/c1-4-7-9-11-13-15-17-19-20-22-24-26-28-30-32-34-39(41)47-37(36-46-48(42,43)45-6-3)35-44-38(40)33-31-29-27-25-23-21-18-16-14-12-10-8-5-2/h19-20,37H,4-18,21-36H2,1-3H3,(H,42,43)/b20-19-/t37-/m1/s1/i3D3,6D2. The van der Waals surface area contributed by atoms with Gasteiger partial charge in [0, 0.05) is 17.0 Å². The summed E-state index contributed by atoms with van der Waals surface area (Å²) in [6.45, 7) is -3.57. The van der Waals surface area contributed by atoms with Gasteiger partial charge in [-0.1, -0.05) is 154 Å². The van der Waals surface area contributed by atoms with Crippen molar-refractivity contribution in [1.29, 1.82) is 0 Å². The molecule has 0 aliphatic carbocycles. The summed E-state index contributed by atoms with van der Waals surface area (Å²) in [7, 11) is -5.22. The van der Waals surface area contributed by atoms with Crippen molar-refractivity contribution in [2.75, 3.05) is 19.8 Å². The lowest BCUT2D eigenvalue weighted by molar-refractivity contribution is -0.161. The van der Waals surface area contributed by atoms with Crippen LogP contribution in [0.5, 0.6) is 0 Å². The van der Waals surface area contributed by atoms with E-state index in [1.54, 1.807) is 0 Å². The Labute approximate surface area is 302 Å². The van der Waals surface area contributed by atoms with Gasteiger partial charge in [0.2, 0.25) is 0 Å². The third-order valence-corrected chi connectivity index (χ3v) is 9.24. The fourth-order valence-electron chi connectivity index (χ4n) is 5.51. The van der Waals surface area contributed by atoms with Crippen LogP contribution in [0.3, 0.4) is 0 Å². The highest BCUT2D eigenvalue weighted by molar-refractivity contribution is 7.47. The summed E-state index contributed by atoms with van der Waals surface area (Å²) in [5.74, 6) is -1.11. The van der Waals surface area contributed by atoms with Gasteiger partial charge in [0.05, 0.1) is 15.9 Å². The molecule has 0 fully saturated rings. The number of ether oxygens (including phenoxy) is 2. The molecule has 0 heterocycles. The number of hydrogen-bond acceptors (Lipinski definition) is 7. The van der Waals surface area contributed by atoms with Gasteiger partial charge < -0.3 is 14.4 Å². The lowest BCUT2D eigenvalue weighted by atomic mass is 10.0. The van der Waals surface area contributed by atoms with Gasteiger partial charge in [-0.2, -0.15) is 0 Å². The second kappa shape index (κ2) is 35.6. The predicted octanol–water partition coefficient (Wildman–Crippen LogP) is 12.1. The van der Waals surface area contributed by atoms with E-state index in [1.807, 2.05) is 0 Å². The minimum atomic E-state index is -5.22. The van der Waals surface area contributed by atoms with E-state index < -0.39 is 52.5 Å². The molecule has 1 unspecified atom stereocenters. The van der Waals surface area contributed by atoms with E-state index >= 15 is 0 Å². The SMILES string of the molecule is [2H]C([2H])([2H])C([2H])([2H])OP(=O)(O)OC[C@@H](COC(=O)CCCCCCCCCCCCCCC)OC(=O)CCCCCCC/C=C\CCCCCCCC. The first kappa shape index (κ1) is 38.0. The topological polar surface area (TPSA) is 108 Å². The summed E-state index contributed by atoms with van der Waals surface area (Å²) in [5.41, 5.74) is 0. The van der Waals surface area contributed by atoms with Gasteiger partial charge in [-0.3, -0.25) is 18.6 Å². The number of esters is 2. The summed E-state index contributed by atoms with van der Waals surface area (Å²) >= 11 is 0. The van der Waals surface area contributed by atoms with Crippen molar-refractivity contribution in [3.05, 3.63) is 12.2 Å². The van der Waals surface area contributed by atoms with Crippen LogP contribution in [-0.2, 0) is 32.7 Å². The zero-order chi connectivity index (χ0) is 39.7. The van der Waals surface area contributed by atoms with E-state index in [0.717, 1.165) is 57.8 Å². The van der Waals surface area contributed by atoms with Crippen LogP contribution in [0.25, 0.3) is 0 Å². The average Bonchev–Trinajstić information content (AvgIpc) is 3.08. The van der Waals surface area contributed by atoms with Crippen molar-refractivity contribution in [2.45, 2.75) is 207 Å². The fourth-order valence-corrected chi connectivity index (χ4v) is 6.03. The number of rotatable bonds is 37. The molecule has 0 amide bonds. The number of phosphoric ester groups is 1. The summed E-state index contributed by atoms with van der Waals surface area (Å²) in [6.07, 6.45) is 33.3. The van der Waals surface area contributed by atoms with Crippen LogP contribution in [0, 0.1) is 0 Å². The third kappa shape index (κ3) is 34.6. The number of carbonyl (C=O) groups excluding carboxylic acids is 2. The van der Waals surface area contributed by atoms with Crippen LogP contribution in [-0.4, -0.2) is 42.7 Å². The first-order chi connectivity index (χ1) is 25.2. The fraction of sp³-hybridized carbons (Fsp3) is 0.897. The molecule has 284 valence electrons. The Hall–Kier alpha value is -1.21. The van der Waals surface area contributed by atoms with Crippen molar-refractivity contribution in [2.24, 2.45) is 0 Å². The maximum Gasteiger partial charge on any atom is 0.472 e. The number of phosphoric acid groups is 1. The highest BCUT2D eigenvalue weighted by Gasteiger charge is 2.25. The van der Waals surface area contributed by atoms with Gasteiger partial charge in [0.25, 0.3) is 0 Å². The van der Waals surface area contributed by atoms with Crippen LogP contribution >= 0.6 is 7.82 Å². The molecule has 0 aromatic rings. The van der Waals surface area contributed by atoms with E-state index in [4.69, 9.17) is 20.9 Å². The maximum atomic E-state index is 12.6. The van der Waals surface area contributed by atoms with Gasteiger partial charge in [0.1, 0.15) is 6.61 Å². The van der Waals surface area contributed by atoms with Crippen molar-refractivity contribution >= 4 is 19.8 Å². The zero-order valence-corrected chi connectivity index (χ0v) is 31.6. The molecular weight excluding hydrogens is 627 g/mol. The number of carbonyl (C=O) groups is 2. The van der Waals surface area contributed by atoms with Crippen molar-refractivity contribution in [3.8, 4) is 0 Å². The monoisotopic (exact) mass is 708 g/mol. The molecule has 0 radical (unpaired) electrons. The quantitative estimate of drug-likeness (QED) is 0.0294. The van der Waals surface area contributed by atoms with Gasteiger partial charge in [-0.25, -0.2) is 4.57 Å². The summed E-state index contributed by atoms with van der Waals surface area (Å²) in [4.78, 5) is 35.0. The van der Waals surface area contributed by atoms with E-state index in [9.17, 15) is 19.0 Å². The van der Waals surface area contributed by atoms with E-state index in [0.29, 0.717) is 12.8 Å². The molecule has 0 spiro atoms. The van der Waals surface area contributed by atoms with Crippen LogP contribution < -0.4 is 0 Å². The van der Waals surface area contributed by atoms with Crippen molar-refractivity contribution in [1.82, 2.24) is 0 Å². The second-order valence-corrected chi connectivity index (χ2v) is 14.5. The lowest BCUT2D eigenvalue weighted by Crippen LogP contribution is -2.29. The van der Waals surface area contributed by atoms with Crippen LogP contribution in [0.15, 0.2) is 12.2 Å². The Kier molecular flexibility index (Phi) is 28.2. The molecule has 0 bridgehead atoms. The number of unbranched alkanes of at least 4 members (excludes halogenated alkanes) is 23. The molecule has 1 N–H and O–H groups in total. The summed E-state index contributed by atoms with van der Waals surface area (Å²) in [6, 6.07) is 0. The first-order valence-electron chi connectivity index (χ1n) is 21.9. The molecule has 2 atom stereocenters. The molecule has 0 aliphatic heterocycles. The molecule has 0 rings (SSSR count). The summed E-state index contributed by atoms with van der Waals surface area (Å²) in [5, 5.41) is 0. The Balaban J connectivity index is 4.52. The lowest BCUT2D eigenvalue weighted by Gasteiger charge is -2.19. The predicted molar refractivity (Wildman–Crippen MR) is 198 cm³/mol. The van der Waals surface area contributed by atoms with Crippen LogP contribution in [0.1, 0.15) is 207 Å². The van der Waals surface area contributed by atoms with Crippen molar-refractivity contribution in [3.63, 3.8) is 0 Å². The van der Waals surface area contributed by atoms with Crippen LogP contribution in [0.2, 0.25) is 0 Å². The zero-order valence-electron chi connectivity index (χ0n) is 35.7. The Morgan fingerprint density at radius 1 is 0.625 bits per heavy atom.